The van der Waals surface area contributed by atoms with E-state index in [1.807, 2.05) is 11.3 Å². The number of aromatic nitrogens is 1. The lowest BCUT2D eigenvalue weighted by molar-refractivity contribution is 0.454. The summed E-state index contributed by atoms with van der Waals surface area (Å²) in [5.41, 5.74) is 1.25. The molecule has 0 saturated heterocycles. The molecule has 2 nitrogen and oxygen atoms in total. The monoisotopic (exact) mass is 266 g/mol. The van der Waals surface area contributed by atoms with E-state index in [-0.39, 0.29) is 0 Å². The summed E-state index contributed by atoms with van der Waals surface area (Å²) in [6.07, 6.45) is 9.78. The van der Waals surface area contributed by atoms with Crippen LogP contribution in [-0.2, 0) is 6.54 Å². The third-order valence-corrected chi connectivity index (χ3v) is 5.22. The van der Waals surface area contributed by atoms with Crippen LogP contribution in [0, 0.1) is 6.92 Å². The number of hydrogen-bond donors (Lipinski definition) is 1. The highest BCUT2D eigenvalue weighted by Gasteiger charge is 2.18. The molecule has 1 aromatic heterocycles. The topological polar surface area (TPSA) is 24.9 Å². The van der Waals surface area contributed by atoms with Gasteiger partial charge in [-0.15, -0.1) is 11.3 Å². The molecule has 0 amide bonds. The van der Waals surface area contributed by atoms with Gasteiger partial charge in [-0.25, -0.2) is 4.98 Å². The molecule has 1 aliphatic rings. The summed E-state index contributed by atoms with van der Waals surface area (Å²) < 4.78 is 0. The Morgan fingerprint density at radius 2 is 1.83 bits per heavy atom. The third-order valence-electron chi connectivity index (χ3n) is 3.90. The van der Waals surface area contributed by atoms with Crippen LogP contribution in [0.5, 0.6) is 0 Å². The minimum Gasteiger partial charge on any atom is -0.312 e. The van der Waals surface area contributed by atoms with Crippen molar-refractivity contribution in [3.63, 3.8) is 0 Å². The molecular weight excluding hydrogens is 240 g/mol. The van der Waals surface area contributed by atoms with Crippen LogP contribution in [0.4, 0.5) is 0 Å². The van der Waals surface area contributed by atoms with Gasteiger partial charge in [0.2, 0.25) is 0 Å². The number of aryl methyl sites for hydroxylation is 1. The summed E-state index contributed by atoms with van der Waals surface area (Å²) in [6, 6.07) is 0. The molecule has 0 radical (unpaired) electrons. The Morgan fingerprint density at radius 3 is 2.50 bits per heavy atom. The molecule has 1 fully saturated rings. The van der Waals surface area contributed by atoms with Crippen LogP contribution in [0.2, 0.25) is 0 Å². The maximum Gasteiger partial charge on any atom is 0.0962 e. The standard InChI is InChI=1S/C15H26N2S/c1-3-16-11-14-12(2)17-15(18-14)13-9-7-5-4-6-8-10-13/h13,16H,3-11H2,1-2H3. The quantitative estimate of drug-likeness (QED) is 0.874. The fraction of sp³-hybridized carbons (Fsp3) is 0.800. The number of thiazole rings is 1. The van der Waals surface area contributed by atoms with Gasteiger partial charge < -0.3 is 5.32 Å². The highest BCUT2D eigenvalue weighted by atomic mass is 32.1. The Bertz CT molecular complexity index is 351. The fourth-order valence-corrected chi connectivity index (χ4v) is 3.94. The minimum atomic E-state index is 0.740. The molecular formula is C15H26N2S. The van der Waals surface area contributed by atoms with Crippen molar-refractivity contribution in [2.75, 3.05) is 6.54 Å². The SMILES string of the molecule is CCNCc1sc(C2CCCCCCC2)nc1C. The van der Waals surface area contributed by atoms with Gasteiger partial charge >= 0.3 is 0 Å². The van der Waals surface area contributed by atoms with E-state index in [1.54, 1.807) is 0 Å². The van der Waals surface area contributed by atoms with Crippen LogP contribution >= 0.6 is 11.3 Å². The van der Waals surface area contributed by atoms with E-state index < -0.39 is 0 Å². The van der Waals surface area contributed by atoms with Crippen LogP contribution in [0.1, 0.15) is 73.4 Å². The van der Waals surface area contributed by atoms with E-state index in [4.69, 9.17) is 4.98 Å². The number of nitrogens with one attached hydrogen (secondary N) is 1. The molecule has 1 saturated carbocycles. The highest BCUT2D eigenvalue weighted by Crippen LogP contribution is 2.34. The van der Waals surface area contributed by atoms with E-state index in [0.717, 1.165) is 19.0 Å². The van der Waals surface area contributed by atoms with E-state index in [1.165, 1.54) is 60.5 Å². The summed E-state index contributed by atoms with van der Waals surface area (Å²) in [5.74, 6) is 0.740. The fourth-order valence-electron chi connectivity index (χ4n) is 2.73. The normalized spacial score (nSPS) is 18.6. The van der Waals surface area contributed by atoms with Gasteiger partial charge in [0.25, 0.3) is 0 Å². The van der Waals surface area contributed by atoms with Crippen LogP contribution in [-0.4, -0.2) is 11.5 Å². The molecule has 1 aromatic rings. The maximum atomic E-state index is 4.84. The van der Waals surface area contributed by atoms with E-state index in [2.05, 4.69) is 19.2 Å². The summed E-state index contributed by atoms with van der Waals surface area (Å²) in [7, 11) is 0. The zero-order valence-electron chi connectivity index (χ0n) is 11.8. The van der Waals surface area contributed by atoms with E-state index in [9.17, 15) is 0 Å². The average Bonchev–Trinajstić information content (AvgIpc) is 2.67. The molecule has 0 aromatic carbocycles. The van der Waals surface area contributed by atoms with Crippen molar-refractivity contribution in [1.82, 2.24) is 10.3 Å². The lowest BCUT2D eigenvalue weighted by atomic mass is 9.92. The first kappa shape index (κ1) is 14.0. The molecule has 18 heavy (non-hydrogen) atoms. The van der Waals surface area contributed by atoms with Crippen molar-refractivity contribution in [3.05, 3.63) is 15.6 Å². The highest BCUT2D eigenvalue weighted by molar-refractivity contribution is 7.11. The first-order valence-electron chi connectivity index (χ1n) is 7.48. The van der Waals surface area contributed by atoms with Gasteiger partial charge in [0.05, 0.1) is 10.7 Å². The predicted molar refractivity (Wildman–Crippen MR) is 79.3 cm³/mol. The van der Waals surface area contributed by atoms with Crippen molar-refractivity contribution in [1.29, 1.82) is 0 Å². The Hall–Kier alpha value is -0.410. The zero-order valence-corrected chi connectivity index (χ0v) is 12.6. The second kappa shape index (κ2) is 7.25. The van der Waals surface area contributed by atoms with Gasteiger partial charge in [-0.3, -0.25) is 0 Å². The van der Waals surface area contributed by atoms with Crippen molar-refractivity contribution in [2.45, 2.75) is 71.3 Å². The van der Waals surface area contributed by atoms with Gasteiger partial charge in [0.15, 0.2) is 0 Å². The molecule has 1 aliphatic carbocycles. The zero-order chi connectivity index (χ0) is 12.8. The lowest BCUT2D eigenvalue weighted by Gasteiger charge is -2.17. The second-order valence-corrected chi connectivity index (χ2v) is 6.50. The maximum absolute atomic E-state index is 4.84. The smallest absolute Gasteiger partial charge is 0.0962 e. The molecule has 0 atom stereocenters. The molecule has 1 N–H and O–H groups in total. The summed E-state index contributed by atoms with van der Waals surface area (Å²) in [4.78, 5) is 6.28. The Morgan fingerprint density at radius 1 is 1.17 bits per heavy atom. The Balaban J connectivity index is 2.01. The predicted octanol–water partition coefficient (Wildman–Crippen LogP) is 4.39. The van der Waals surface area contributed by atoms with Crippen LogP contribution in [0.3, 0.4) is 0 Å². The third kappa shape index (κ3) is 3.79. The minimum absolute atomic E-state index is 0.740. The van der Waals surface area contributed by atoms with Gasteiger partial charge in [-0.05, 0) is 26.3 Å². The van der Waals surface area contributed by atoms with Gasteiger partial charge in [0.1, 0.15) is 0 Å². The van der Waals surface area contributed by atoms with Gasteiger partial charge in [-0.2, -0.15) is 0 Å². The van der Waals surface area contributed by atoms with E-state index in [0.29, 0.717) is 0 Å². The number of hydrogen-bond acceptors (Lipinski definition) is 3. The molecule has 0 bridgehead atoms. The lowest BCUT2D eigenvalue weighted by Crippen LogP contribution is -2.11. The van der Waals surface area contributed by atoms with Crippen LogP contribution in [0.15, 0.2) is 0 Å². The van der Waals surface area contributed by atoms with Crippen molar-refractivity contribution in [3.8, 4) is 0 Å². The molecule has 102 valence electrons. The summed E-state index contributed by atoms with van der Waals surface area (Å²) in [5, 5.41) is 4.82. The van der Waals surface area contributed by atoms with Gasteiger partial charge in [0, 0.05) is 17.3 Å². The summed E-state index contributed by atoms with van der Waals surface area (Å²) >= 11 is 1.95. The van der Waals surface area contributed by atoms with Crippen molar-refractivity contribution in [2.24, 2.45) is 0 Å². The van der Waals surface area contributed by atoms with Gasteiger partial charge in [-0.1, -0.05) is 39.0 Å². The average molecular weight is 266 g/mol. The number of rotatable bonds is 4. The first-order chi connectivity index (χ1) is 8.81. The molecule has 0 aliphatic heterocycles. The second-order valence-electron chi connectivity index (χ2n) is 5.38. The molecule has 1 heterocycles. The van der Waals surface area contributed by atoms with Crippen LogP contribution < -0.4 is 5.32 Å². The Labute approximate surface area is 115 Å². The molecule has 0 spiro atoms. The van der Waals surface area contributed by atoms with Crippen LogP contribution in [0.25, 0.3) is 0 Å². The Kier molecular flexibility index (Phi) is 5.64. The first-order valence-corrected chi connectivity index (χ1v) is 8.29. The number of nitrogens with zero attached hydrogens (tertiary/aromatic N) is 1. The largest absolute Gasteiger partial charge is 0.312 e. The molecule has 3 heteroatoms. The molecule has 0 unspecified atom stereocenters. The molecule has 2 rings (SSSR count). The van der Waals surface area contributed by atoms with Crippen molar-refractivity contribution >= 4 is 11.3 Å². The van der Waals surface area contributed by atoms with E-state index >= 15 is 0 Å². The van der Waals surface area contributed by atoms with Crippen molar-refractivity contribution < 1.29 is 0 Å². The summed E-state index contributed by atoms with van der Waals surface area (Å²) in [6.45, 7) is 6.35.